The van der Waals surface area contributed by atoms with Gasteiger partial charge in [-0.3, -0.25) is 4.79 Å². The lowest BCUT2D eigenvalue weighted by atomic mass is 9.97. The van der Waals surface area contributed by atoms with Crippen molar-refractivity contribution in [3.63, 3.8) is 0 Å². The van der Waals surface area contributed by atoms with Gasteiger partial charge in [-0.1, -0.05) is 0 Å². The first kappa shape index (κ1) is 19.7. The first-order valence-corrected chi connectivity index (χ1v) is 9.97. The van der Waals surface area contributed by atoms with Gasteiger partial charge in [0.1, 0.15) is 22.4 Å². The number of ether oxygens (including phenoxy) is 2. The van der Waals surface area contributed by atoms with Gasteiger partial charge >= 0.3 is 0 Å². The predicted molar refractivity (Wildman–Crippen MR) is 104 cm³/mol. The summed E-state index contributed by atoms with van der Waals surface area (Å²) in [6.07, 6.45) is 1.86. The van der Waals surface area contributed by atoms with E-state index in [2.05, 4.69) is 9.82 Å². The summed E-state index contributed by atoms with van der Waals surface area (Å²) in [6, 6.07) is 8.52. The average molecular weight is 391 g/mol. The van der Waals surface area contributed by atoms with Crippen LogP contribution in [0, 0.1) is 0 Å². The lowest BCUT2D eigenvalue weighted by Gasteiger charge is -2.35. The molecule has 3 atom stereocenters. The van der Waals surface area contributed by atoms with Crippen LogP contribution in [0.15, 0.2) is 41.3 Å². The van der Waals surface area contributed by atoms with Crippen LogP contribution in [-0.2, 0) is 17.9 Å². The van der Waals surface area contributed by atoms with Crippen LogP contribution in [0.1, 0.15) is 38.8 Å². The summed E-state index contributed by atoms with van der Waals surface area (Å²) >= 11 is -1.24. The minimum atomic E-state index is -1.24. The van der Waals surface area contributed by atoms with E-state index in [-0.39, 0.29) is 17.7 Å². The Labute approximate surface area is 162 Å². The van der Waals surface area contributed by atoms with Crippen molar-refractivity contribution >= 4 is 11.4 Å². The summed E-state index contributed by atoms with van der Waals surface area (Å²) in [4.78, 5) is 12.0. The van der Waals surface area contributed by atoms with Crippen LogP contribution in [0.25, 0.3) is 0 Å². The number of methoxy groups -OCH3 is 1. The monoisotopic (exact) mass is 391 g/mol. The van der Waals surface area contributed by atoms with E-state index >= 15 is 0 Å². The summed E-state index contributed by atoms with van der Waals surface area (Å²) in [5, 5.41) is 4.11. The van der Waals surface area contributed by atoms with Crippen molar-refractivity contribution < 1.29 is 14.0 Å². The third-order valence-corrected chi connectivity index (χ3v) is 5.97. The maximum Gasteiger partial charge on any atom is 0.266 e. The molecule has 7 nitrogen and oxygen atoms in total. The summed E-state index contributed by atoms with van der Waals surface area (Å²) in [5.74, 6) is 1.35. The molecular formula is C19H25N3O4S. The fourth-order valence-electron chi connectivity index (χ4n) is 2.90. The highest BCUT2D eigenvalue weighted by Crippen LogP contribution is 2.38. The second kappa shape index (κ2) is 7.92. The van der Waals surface area contributed by atoms with Crippen molar-refractivity contribution in [1.82, 2.24) is 14.5 Å². The van der Waals surface area contributed by atoms with Gasteiger partial charge in [-0.15, -0.1) is 4.72 Å². The highest BCUT2D eigenvalue weighted by atomic mass is 32.2. The minimum Gasteiger partial charge on any atom is -0.598 e. The molecule has 0 amide bonds. The largest absolute Gasteiger partial charge is 0.598 e. The molecule has 1 N–H and O–H groups in total. The Balaban J connectivity index is 1.88. The molecular weight excluding hydrogens is 366 g/mol. The van der Waals surface area contributed by atoms with E-state index in [1.54, 1.807) is 19.4 Å². The van der Waals surface area contributed by atoms with E-state index in [9.17, 15) is 9.35 Å². The first-order valence-electron chi connectivity index (χ1n) is 8.82. The van der Waals surface area contributed by atoms with Crippen LogP contribution in [0.4, 0.5) is 0 Å². The van der Waals surface area contributed by atoms with Gasteiger partial charge in [0.25, 0.3) is 5.56 Å². The Bertz CT molecular complexity index is 849. The fraction of sp³-hybridized carbons (Fsp3) is 0.474. The van der Waals surface area contributed by atoms with E-state index in [0.29, 0.717) is 24.5 Å². The molecule has 27 heavy (non-hydrogen) atoms. The summed E-state index contributed by atoms with van der Waals surface area (Å²) in [7, 11) is 1.60. The Morgan fingerprint density at radius 2 is 2.19 bits per heavy atom. The van der Waals surface area contributed by atoms with Gasteiger partial charge in [-0.2, -0.15) is 5.10 Å². The molecule has 1 unspecified atom stereocenters. The van der Waals surface area contributed by atoms with Gasteiger partial charge in [0, 0.05) is 41.7 Å². The Morgan fingerprint density at radius 3 is 2.85 bits per heavy atom. The van der Waals surface area contributed by atoms with Crippen LogP contribution < -0.4 is 19.8 Å². The summed E-state index contributed by atoms with van der Waals surface area (Å²) in [6.45, 7) is 6.09. The SMILES string of the molecule is COc1ccc2c(c1)O[C@@H](Cn1ncccc1=O)C[C@H]2N[S+]([O-])C(C)(C)C. The quantitative estimate of drug-likeness (QED) is 0.786. The molecule has 3 rings (SSSR count). The zero-order valence-corrected chi connectivity index (χ0v) is 16.8. The van der Waals surface area contributed by atoms with Gasteiger partial charge in [-0.05, 0) is 39.0 Å². The molecule has 0 radical (unpaired) electrons. The number of nitrogens with zero attached hydrogens (tertiary/aromatic N) is 2. The minimum absolute atomic E-state index is 0.163. The number of aromatic nitrogens is 2. The van der Waals surface area contributed by atoms with Gasteiger partial charge in [0.05, 0.1) is 19.7 Å². The third-order valence-electron chi connectivity index (χ3n) is 4.36. The number of hydrogen-bond donors (Lipinski definition) is 1. The van der Waals surface area contributed by atoms with Crippen molar-refractivity contribution in [2.45, 2.75) is 50.6 Å². The smallest absolute Gasteiger partial charge is 0.266 e. The van der Waals surface area contributed by atoms with E-state index in [1.165, 1.54) is 10.7 Å². The third kappa shape index (κ3) is 4.63. The molecule has 1 aliphatic rings. The van der Waals surface area contributed by atoms with Crippen LogP contribution in [0.5, 0.6) is 11.5 Å². The standard InChI is InChI=1S/C19H25N3O4S/c1-19(2,3)27(24)21-16-10-14(12-22-18(23)6-5-9-20-22)26-17-11-13(25-4)7-8-15(16)17/h5-9,11,14,16,21H,10,12H2,1-4H3/t14-,16-,27?/m1/s1. The zero-order chi connectivity index (χ0) is 19.6. The zero-order valence-electron chi connectivity index (χ0n) is 16.0. The lowest BCUT2D eigenvalue weighted by molar-refractivity contribution is 0.131. The maximum absolute atomic E-state index is 12.7. The number of benzene rings is 1. The first-order chi connectivity index (χ1) is 12.8. The molecule has 0 aliphatic carbocycles. The number of rotatable bonds is 5. The van der Waals surface area contributed by atoms with Crippen LogP contribution >= 0.6 is 0 Å². The van der Waals surface area contributed by atoms with E-state index < -0.39 is 16.1 Å². The van der Waals surface area contributed by atoms with Crippen molar-refractivity contribution in [2.75, 3.05) is 7.11 Å². The molecule has 8 heteroatoms. The normalized spacial score (nSPS) is 20.5. The number of hydrogen-bond acceptors (Lipinski definition) is 6. The number of nitrogens with one attached hydrogen (secondary N) is 1. The molecule has 0 bridgehead atoms. The highest BCUT2D eigenvalue weighted by molar-refractivity contribution is 7.90. The molecule has 0 saturated heterocycles. The van der Waals surface area contributed by atoms with Crippen molar-refractivity contribution in [1.29, 1.82) is 0 Å². The van der Waals surface area contributed by atoms with Crippen LogP contribution in [0.2, 0.25) is 0 Å². The topological polar surface area (TPSA) is 88.4 Å². The summed E-state index contributed by atoms with van der Waals surface area (Å²) in [5.41, 5.74) is 0.748. The van der Waals surface area contributed by atoms with Crippen molar-refractivity contribution in [3.05, 3.63) is 52.4 Å². The van der Waals surface area contributed by atoms with Crippen molar-refractivity contribution in [3.8, 4) is 11.5 Å². The molecule has 0 saturated carbocycles. The molecule has 2 heterocycles. The van der Waals surface area contributed by atoms with Crippen molar-refractivity contribution in [2.24, 2.45) is 0 Å². The molecule has 1 aliphatic heterocycles. The molecule has 1 aromatic heterocycles. The molecule has 146 valence electrons. The average Bonchev–Trinajstić information content (AvgIpc) is 2.62. The predicted octanol–water partition coefficient (Wildman–Crippen LogP) is 2.20. The Kier molecular flexibility index (Phi) is 5.78. The van der Waals surface area contributed by atoms with E-state index in [4.69, 9.17) is 9.47 Å². The maximum atomic E-state index is 12.7. The Hall–Kier alpha value is -2.03. The molecule has 1 aromatic carbocycles. The summed E-state index contributed by atoms with van der Waals surface area (Å²) < 4.78 is 28.3. The lowest BCUT2D eigenvalue weighted by Crippen LogP contribution is -2.44. The van der Waals surface area contributed by atoms with Crippen LogP contribution in [0.3, 0.4) is 0 Å². The second-order valence-corrected chi connectivity index (χ2v) is 9.47. The highest BCUT2D eigenvalue weighted by Gasteiger charge is 2.35. The van der Waals surface area contributed by atoms with Gasteiger partial charge in [0.2, 0.25) is 0 Å². The Morgan fingerprint density at radius 1 is 1.41 bits per heavy atom. The van der Waals surface area contributed by atoms with E-state index in [1.807, 2.05) is 39.0 Å². The number of fused-ring (bicyclic) bond motifs is 1. The fourth-order valence-corrected chi connectivity index (χ4v) is 3.73. The van der Waals surface area contributed by atoms with E-state index in [0.717, 1.165) is 5.56 Å². The van der Waals surface area contributed by atoms with Gasteiger partial charge in [-0.25, -0.2) is 4.68 Å². The molecule has 0 spiro atoms. The van der Waals surface area contributed by atoms with Crippen LogP contribution in [-0.4, -0.2) is 32.3 Å². The second-order valence-electron chi connectivity index (χ2n) is 7.47. The van der Waals surface area contributed by atoms with Gasteiger partial charge in [0.15, 0.2) is 0 Å². The molecule has 2 aromatic rings. The molecule has 0 fully saturated rings. The van der Waals surface area contributed by atoms with Gasteiger partial charge < -0.3 is 14.0 Å².